The Morgan fingerprint density at radius 1 is 1.02 bits per heavy atom. The number of pyridine rings is 1. The molecule has 0 spiro atoms. The number of aliphatic hydroxyl groups is 3. The number of nitrogens with zero attached hydrogens (tertiary/aromatic N) is 5. The smallest absolute Gasteiger partial charge is 0.478 e. The molecule has 1 amide bonds. The molecular weight excluding hydrogens is 754 g/mol. The second-order valence-electron chi connectivity index (χ2n) is 10.2. The molecular formula is C21H30N7NaO18P3. The van der Waals surface area contributed by atoms with E-state index in [0.29, 0.717) is 0 Å². The van der Waals surface area contributed by atoms with E-state index in [1.54, 1.807) is 0 Å². The van der Waals surface area contributed by atoms with Gasteiger partial charge in [-0.15, -0.1) is 0 Å². The van der Waals surface area contributed by atoms with Gasteiger partial charge in [-0.1, -0.05) is 0 Å². The number of aliphatic hydroxyl groups excluding tert-OH is 3. The molecule has 5 rings (SSSR count). The Kier molecular flexibility index (Phi) is 14.0. The van der Waals surface area contributed by atoms with Crippen LogP contribution in [0.5, 0.6) is 0 Å². The molecule has 0 aliphatic carbocycles. The molecule has 5 heterocycles. The van der Waals surface area contributed by atoms with E-state index < -0.39 is 91.7 Å². The summed E-state index contributed by atoms with van der Waals surface area (Å²) in [6.07, 6.45) is -8.59. The molecule has 2 aliphatic rings. The van der Waals surface area contributed by atoms with Gasteiger partial charge in [-0.05, 0) is 6.07 Å². The van der Waals surface area contributed by atoms with Crippen molar-refractivity contribution in [2.24, 2.45) is 5.73 Å². The van der Waals surface area contributed by atoms with Crippen molar-refractivity contribution < 1.29 is 90.8 Å². The topological polar surface area (TPSA) is 399 Å². The second-order valence-corrected chi connectivity index (χ2v) is 14.4. The van der Waals surface area contributed by atoms with Gasteiger partial charge in [-0.3, -0.25) is 23.0 Å². The molecule has 10 atom stereocenters. The van der Waals surface area contributed by atoms with Crippen molar-refractivity contribution in [3.05, 3.63) is 42.7 Å². The van der Waals surface area contributed by atoms with Crippen LogP contribution in [0.15, 0.2) is 37.2 Å². The van der Waals surface area contributed by atoms with Crippen LogP contribution in [0.3, 0.4) is 0 Å². The first-order valence-corrected chi connectivity index (χ1v) is 17.8. The van der Waals surface area contributed by atoms with Gasteiger partial charge in [-0.25, -0.2) is 28.4 Å². The van der Waals surface area contributed by atoms with Crippen LogP contribution in [-0.4, -0.2) is 140 Å². The van der Waals surface area contributed by atoms with Gasteiger partial charge in [0.2, 0.25) is 0 Å². The predicted molar refractivity (Wildman–Crippen MR) is 157 cm³/mol. The molecule has 1 radical (unpaired) electrons. The zero-order valence-corrected chi connectivity index (χ0v) is 30.1. The molecule has 0 bridgehead atoms. The minimum absolute atomic E-state index is 0. The third-order valence-electron chi connectivity index (χ3n) is 6.97. The third kappa shape index (κ3) is 9.74. The summed E-state index contributed by atoms with van der Waals surface area (Å²) >= 11 is 0. The number of nitrogen functional groups attached to an aromatic ring is 1. The van der Waals surface area contributed by atoms with Crippen molar-refractivity contribution in [1.82, 2.24) is 19.5 Å². The minimum atomic E-state index is -5.77. The first-order chi connectivity index (χ1) is 22.4. The number of fused-ring (bicyclic) bond motifs is 1. The first kappa shape index (κ1) is 42.5. The molecule has 0 aromatic carbocycles. The number of phosphoric acid groups is 3. The molecule has 2 unspecified atom stereocenters. The van der Waals surface area contributed by atoms with Crippen LogP contribution in [0.1, 0.15) is 22.8 Å². The molecule has 12 N–H and O–H groups in total. The zero-order valence-electron chi connectivity index (χ0n) is 25.4. The largest absolute Gasteiger partial charge is 0.756 e. The quantitative estimate of drug-likeness (QED) is 0.0458. The van der Waals surface area contributed by atoms with E-state index in [0.717, 1.165) is 17.2 Å². The number of amides is 1. The second kappa shape index (κ2) is 16.4. The molecule has 273 valence electrons. The number of carbonyl (C=O) groups excluding carboxylic acids is 1. The summed E-state index contributed by atoms with van der Waals surface area (Å²) in [7, 11) is -16.6. The molecule has 3 aromatic heterocycles. The summed E-state index contributed by atoms with van der Waals surface area (Å²) in [6, 6.07) is 2.78. The summed E-state index contributed by atoms with van der Waals surface area (Å²) < 4.78 is 67.9. The maximum absolute atomic E-state index is 12.5. The van der Waals surface area contributed by atoms with E-state index in [9.17, 15) is 53.4 Å². The van der Waals surface area contributed by atoms with Crippen LogP contribution in [0.4, 0.5) is 5.82 Å². The van der Waals surface area contributed by atoms with Gasteiger partial charge in [0.25, 0.3) is 20.0 Å². The molecule has 2 aliphatic heterocycles. The van der Waals surface area contributed by atoms with Crippen molar-refractivity contribution in [1.29, 1.82) is 0 Å². The van der Waals surface area contributed by atoms with Gasteiger partial charge in [0.15, 0.2) is 36.2 Å². The number of phosphoric ester groups is 3. The Balaban J connectivity index is 0.00000338. The molecule has 50 heavy (non-hydrogen) atoms. The van der Waals surface area contributed by atoms with Gasteiger partial charge in [0.05, 0.1) is 19.5 Å². The zero-order chi connectivity index (χ0) is 35.2. The SMILES string of the molecule is NC(=O)c1ccc[n+]([C@@H]2O[C@H](COP(=O)(O)OP(=O)([O-])OC[C@H]3O[C@@H](n4cnc5c(N)ncnc54)[C@H](OP(=O)(O)O)[C@@H]3O)[C@@H](O)[C@H]2O)c1.O.[Na]. The average molecular weight is 784 g/mol. The van der Waals surface area contributed by atoms with Gasteiger partial charge >= 0.3 is 15.6 Å². The fourth-order valence-electron chi connectivity index (χ4n) is 4.82. The number of nitrogens with two attached hydrogens (primary N) is 2. The van der Waals surface area contributed by atoms with E-state index in [-0.39, 0.29) is 57.6 Å². The van der Waals surface area contributed by atoms with E-state index in [1.165, 1.54) is 29.1 Å². The van der Waals surface area contributed by atoms with Gasteiger partial charge < -0.3 is 65.8 Å². The maximum Gasteiger partial charge on any atom is 0.478 e. The van der Waals surface area contributed by atoms with Crippen molar-refractivity contribution >= 4 is 75.9 Å². The number of aromatic nitrogens is 5. The Morgan fingerprint density at radius 2 is 1.68 bits per heavy atom. The normalized spacial score (nSPS) is 29.1. The van der Waals surface area contributed by atoms with Crippen molar-refractivity contribution in [3.8, 4) is 0 Å². The molecule has 29 heteroatoms. The first-order valence-electron chi connectivity index (χ1n) is 13.3. The van der Waals surface area contributed by atoms with Crippen LogP contribution in [0.2, 0.25) is 0 Å². The third-order valence-corrected chi connectivity index (χ3v) is 10.1. The number of imidazole rings is 1. The van der Waals surface area contributed by atoms with E-state index in [1.807, 2.05) is 0 Å². The molecule has 0 saturated carbocycles. The van der Waals surface area contributed by atoms with Crippen LogP contribution in [0.25, 0.3) is 11.2 Å². The number of primary amides is 1. The Hall–Kier alpha value is -1.90. The van der Waals surface area contributed by atoms with E-state index in [2.05, 4.69) is 32.8 Å². The Labute approximate surface area is 301 Å². The average Bonchev–Trinajstić information content (AvgIpc) is 3.64. The van der Waals surface area contributed by atoms with Gasteiger partial charge in [-0.2, -0.15) is 4.57 Å². The Morgan fingerprint density at radius 3 is 2.34 bits per heavy atom. The van der Waals surface area contributed by atoms with E-state index in [4.69, 9.17) is 20.9 Å². The Bertz CT molecular complexity index is 1820. The summed E-state index contributed by atoms with van der Waals surface area (Å²) in [6.45, 7) is -2.12. The van der Waals surface area contributed by atoms with Crippen LogP contribution in [0, 0.1) is 0 Å². The van der Waals surface area contributed by atoms with Crippen molar-refractivity contribution in [2.45, 2.75) is 49.1 Å². The summed E-state index contributed by atoms with van der Waals surface area (Å²) in [5.41, 5.74) is 11.1. The van der Waals surface area contributed by atoms with Gasteiger partial charge in [0.1, 0.15) is 47.9 Å². The molecule has 25 nitrogen and oxygen atoms in total. The standard InChI is InChI=1S/C21H28N7O17P3.Na.H2O/c22-17-12-19(25-7-24-17)28(8-26-12)21-16(44-46(33,34)35)14(30)11(43-21)6-41-48(38,39)45-47(36,37)40-5-10-13(29)15(31)20(42-10)27-3-1-2-9(4-27)18(23)32;;/h1-4,7-8,10-11,13-16,20-21,29-31H,5-6H2,(H7-,22,23,24,25,32,33,34,35,36,37,38,39);;1H2/t10-,11-,13-,14-,15-,16-,20-,21-;;/m1../s1. The van der Waals surface area contributed by atoms with Crippen LogP contribution >= 0.6 is 23.5 Å². The monoisotopic (exact) mass is 784 g/mol. The summed E-state index contributed by atoms with van der Waals surface area (Å²) in [5.74, 6) is -0.862. The number of anilines is 1. The molecule has 2 fully saturated rings. The predicted octanol–water partition coefficient (Wildman–Crippen LogP) is -4.74. The van der Waals surface area contributed by atoms with Crippen LogP contribution in [-0.2, 0) is 41.1 Å². The van der Waals surface area contributed by atoms with E-state index >= 15 is 0 Å². The van der Waals surface area contributed by atoms with Crippen molar-refractivity contribution in [3.63, 3.8) is 0 Å². The number of hydrogen-bond donors (Lipinski definition) is 8. The van der Waals surface area contributed by atoms with Gasteiger partial charge in [0, 0.05) is 35.6 Å². The summed E-state index contributed by atoms with van der Waals surface area (Å²) in [4.78, 5) is 64.4. The summed E-state index contributed by atoms with van der Waals surface area (Å²) in [5, 5.41) is 31.5. The molecule has 3 aromatic rings. The van der Waals surface area contributed by atoms with Crippen LogP contribution < -0.4 is 20.9 Å². The number of rotatable bonds is 13. The fraction of sp³-hybridized carbons (Fsp3) is 0.476. The van der Waals surface area contributed by atoms with Crippen molar-refractivity contribution in [2.75, 3.05) is 18.9 Å². The minimum Gasteiger partial charge on any atom is -0.756 e. The maximum atomic E-state index is 12.5. The molecule has 2 saturated heterocycles. The number of ether oxygens (including phenoxy) is 2. The number of carbonyl (C=O) groups is 1. The number of hydrogen-bond acceptors (Lipinski definition) is 18. The fourth-order valence-corrected chi connectivity index (χ4v) is 7.42.